The molecular weight excluding hydrogens is 310 g/mol. The van der Waals surface area contributed by atoms with Crippen LogP contribution in [-0.4, -0.2) is 19.7 Å². The lowest BCUT2D eigenvalue weighted by Crippen LogP contribution is -2.21. The third-order valence-corrected chi connectivity index (χ3v) is 5.90. The Balaban J connectivity index is 1.86. The molecule has 0 aliphatic carbocycles. The molecule has 2 nitrogen and oxygen atoms in total. The quantitative estimate of drug-likeness (QED) is 0.422. The predicted molar refractivity (Wildman–Crippen MR) is 105 cm³/mol. The van der Waals surface area contributed by atoms with Crippen LogP contribution in [0.1, 0.15) is 5.56 Å². The lowest BCUT2D eigenvalue weighted by molar-refractivity contribution is 0.133. The molecule has 1 aromatic heterocycles. The van der Waals surface area contributed by atoms with Crippen molar-refractivity contribution in [1.29, 1.82) is 0 Å². The van der Waals surface area contributed by atoms with E-state index in [1.54, 1.807) is 0 Å². The van der Waals surface area contributed by atoms with Gasteiger partial charge in [-0.3, -0.25) is 4.98 Å². The van der Waals surface area contributed by atoms with E-state index in [0.29, 0.717) is 6.61 Å². The van der Waals surface area contributed by atoms with E-state index in [1.807, 2.05) is 12.3 Å². The van der Waals surface area contributed by atoms with Crippen LogP contribution >= 0.6 is 0 Å². The van der Waals surface area contributed by atoms with Crippen LogP contribution in [0, 0.1) is 0 Å². The van der Waals surface area contributed by atoms with E-state index in [2.05, 4.69) is 73.2 Å². The summed E-state index contributed by atoms with van der Waals surface area (Å²) in [6.45, 7) is 8.64. The summed E-state index contributed by atoms with van der Waals surface area (Å²) in [6.07, 6.45) is 1.86. The average Bonchev–Trinajstić information content (AvgIpc) is 2.58. The summed E-state index contributed by atoms with van der Waals surface area (Å²) in [5.41, 5.74) is 4.67. The van der Waals surface area contributed by atoms with Crippen LogP contribution in [0.25, 0.3) is 22.0 Å². The van der Waals surface area contributed by atoms with Gasteiger partial charge in [-0.15, -0.1) is 0 Å². The molecule has 124 valence electrons. The van der Waals surface area contributed by atoms with Crippen LogP contribution < -0.4 is 0 Å². The fraction of sp³-hybridized carbons (Fsp3) is 0.286. The normalized spacial score (nSPS) is 11.8. The average molecular weight is 336 g/mol. The molecule has 0 amide bonds. The Morgan fingerprint density at radius 3 is 2.46 bits per heavy atom. The second-order valence-electron chi connectivity index (χ2n) is 7.40. The first-order chi connectivity index (χ1) is 11.5. The molecule has 0 fully saturated rings. The molecule has 3 rings (SSSR count). The minimum absolute atomic E-state index is 0.657. The van der Waals surface area contributed by atoms with E-state index in [0.717, 1.165) is 12.1 Å². The van der Waals surface area contributed by atoms with Crippen LogP contribution in [0.4, 0.5) is 0 Å². The summed E-state index contributed by atoms with van der Waals surface area (Å²) >= 11 is 0. The first kappa shape index (κ1) is 16.9. The van der Waals surface area contributed by atoms with Crippen LogP contribution in [0.5, 0.6) is 0 Å². The van der Waals surface area contributed by atoms with E-state index in [1.165, 1.54) is 28.1 Å². The van der Waals surface area contributed by atoms with E-state index >= 15 is 0 Å². The molecular formula is C21H25NOSi. The van der Waals surface area contributed by atoms with Crippen molar-refractivity contribution in [2.45, 2.75) is 32.3 Å². The Bertz CT molecular complexity index is 818. The number of ether oxygens (including phenoxy) is 1. The summed E-state index contributed by atoms with van der Waals surface area (Å²) < 4.78 is 5.98. The molecule has 3 heteroatoms. The van der Waals surface area contributed by atoms with Crippen molar-refractivity contribution < 1.29 is 4.74 Å². The molecule has 0 N–H and O–H groups in total. The maximum absolute atomic E-state index is 5.98. The molecule has 0 saturated heterocycles. The highest BCUT2D eigenvalue weighted by Gasteiger charge is 2.13. The molecule has 2 aromatic carbocycles. The van der Waals surface area contributed by atoms with Gasteiger partial charge in [-0.2, -0.15) is 0 Å². The van der Waals surface area contributed by atoms with Gasteiger partial charge in [0.1, 0.15) is 0 Å². The van der Waals surface area contributed by atoms with Crippen molar-refractivity contribution in [2.24, 2.45) is 0 Å². The number of benzene rings is 2. The zero-order valence-corrected chi connectivity index (χ0v) is 15.8. The summed E-state index contributed by atoms with van der Waals surface area (Å²) in [6, 6.07) is 20.1. The topological polar surface area (TPSA) is 22.1 Å². The first-order valence-corrected chi connectivity index (χ1v) is 12.3. The smallest absolute Gasteiger partial charge is 0.0780 e. The standard InChI is InChI=1S/C21H25NOSi/c1-24(2,3)15-14-23-16-18-8-4-5-11-19(18)20-12-6-9-17-10-7-13-22-21(17)20/h4-13H,14-16H2,1-3H3. The van der Waals surface area contributed by atoms with Crippen LogP contribution in [0.3, 0.4) is 0 Å². The zero-order chi connectivity index (χ0) is 17.0. The second kappa shape index (κ2) is 7.28. The predicted octanol–water partition coefficient (Wildman–Crippen LogP) is 5.76. The van der Waals surface area contributed by atoms with Gasteiger partial charge in [0, 0.05) is 31.8 Å². The molecule has 0 atom stereocenters. The lowest BCUT2D eigenvalue weighted by Gasteiger charge is -2.16. The number of pyridine rings is 1. The maximum atomic E-state index is 5.98. The molecule has 0 aliphatic rings. The molecule has 3 aromatic rings. The number of hydrogen-bond donors (Lipinski definition) is 0. The van der Waals surface area contributed by atoms with Gasteiger partial charge in [0.05, 0.1) is 12.1 Å². The molecule has 0 radical (unpaired) electrons. The summed E-state index contributed by atoms with van der Waals surface area (Å²) in [4.78, 5) is 4.59. The van der Waals surface area contributed by atoms with Crippen molar-refractivity contribution in [1.82, 2.24) is 4.98 Å². The van der Waals surface area contributed by atoms with Gasteiger partial charge in [-0.25, -0.2) is 0 Å². The van der Waals surface area contributed by atoms with E-state index in [4.69, 9.17) is 4.74 Å². The fourth-order valence-electron chi connectivity index (χ4n) is 2.79. The van der Waals surface area contributed by atoms with E-state index < -0.39 is 8.07 Å². The SMILES string of the molecule is C[Si](C)(C)CCOCc1ccccc1-c1cccc2cccnc12. The molecule has 0 unspecified atom stereocenters. The highest BCUT2D eigenvalue weighted by Crippen LogP contribution is 2.30. The maximum Gasteiger partial charge on any atom is 0.0780 e. The highest BCUT2D eigenvalue weighted by molar-refractivity contribution is 6.76. The second-order valence-corrected chi connectivity index (χ2v) is 13.0. The molecule has 0 spiro atoms. The lowest BCUT2D eigenvalue weighted by atomic mass is 9.97. The summed E-state index contributed by atoms with van der Waals surface area (Å²) in [7, 11) is -1.04. The number of rotatable bonds is 6. The third kappa shape index (κ3) is 4.10. The third-order valence-electron chi connectivity index (χ3n) is 4.19. The number of aromatic nitrogens is 1. The van der Waals surface area contributed by atoms with Crippen LogP contribution in [0.15, 0.2) is 60.8 Å². The van der Waals surface area contributed by atoms with Crippen LogP contribution in [0.2, 0.25) is 25.7 Å². The van der Waals surface area contributed by atoms with Gasteiger partial charge in [-0.1, -0.05) is 68.2 Å². The van der Waals surface area contributed by atoms with E-state index in [-0.39, 0.29) is 0 Å². The van der Waals surface area contributed by atoms with Gasteiger partial charge in [-0.05, 0) is 23.2 Å². The number of nitrogens with zero attached hydrogens (tertiary/aromatic N) is 1. The largest absolute Gasteiger partial charge is 0.377 e. The first-order valence-electron chi connectivity index (χ1n) is 8.54. The summed E-state index contributed by atoms with van der Waals surface area (Å²) in [5, 5.41) is 1.17. The van der Waals surface area contributed by atoms with Gasteiger partial charge in [0.25, 0.3) is 0 Å². The van der Waals surface area contributed by atoms with E-state index in [9.17, 15) is 0 Å². The van der Waals surface area contributed by atoms with Gasteiger partial charge >= 0.3 is 0 Å². The van der Waals surface area contributed by atoms with Crippen molar-refractivity contribution >= 4 is 19.0 Å². The van der Waals surface area contributed by atoms with Gasteiger partial charge < -0.3 is 4.74 Å². The molecule has 0 bridgehead atoms. The van der Waals surface area contributed by atoms with Crippen molar-refractivity contribution in [3.05, 3.63) is 66.4 Å². The Hall–Kier alpha value is -1.97. The number of para-hydroxylation sites is 1. The van der Waals surface area contributed by atoms with Crippen molar-refractivity contribution in [3.63, 3.8) is 0 Å². The fourth-order valence-corrected chi connectivity index (χ4v) is 3.55. The number of fused-ring (bicyclic) bond motifs is 1. The van der Waals surface area contributed by atoms with Crippen molar-refractivity contribution in [2.75, 3.05) is 6.61 Å². The Morgan fingerprint density at radius 2 is 1.62 bits per heavy atom. The molecule has 24 heavy (non-hydrogen) atoms. The van der Waals surface area contributed by atoms with Crippen molar-refractivity contribution in [3.8, 4) is 11.1 Å². The number of hydrogen-bond acceptors (Lipinski definition) is 2. The Morgan fingerprint density at radius 1 is 0.875 bits per heavy atom. The molecule has 1 heterocycles. The summed E-state index contributed by atoms with van der Waals surface area (Å²) in [5.74, 6) is 0. The minimum atomic E-state index is -1.04. The minimum Gasteiger partial charge on any atom is -0.377 e. The van der Waals surface area contributed by atoms with Crippen LogP contribution in [-0.2, 0) is 11.3 Å². The Labute approximate surface area is 145 Å². The molecule has 0 aliphatic heterocycles. The Kier molecular flexibility index (Phi) is 5.12. The van der Waals surface area contributed by atoms with Gasteiger partial charge in [0.2, 0.25) is 0 Å². The zero-order valence-electron chi connectivity index (χ0n) is 14.8. The highest BCUT2D eigenvalue weighted by atomic mass is 28.3. The van der Waals surface area contributed by atoms with Gasteiger partial charge in [0.15, 0.2) is 0 Å². The molecule has 0 saturated carbocycles. The monoisotopic (exact) mass is 335 g/mol.